The summed E-state index contributed by atoms with van der Waals surface area (Å²) in [4.78, 5) is 24.6. The Kier molecular flexibility index (Phi) is 10.2. The van der Waals surface area contributed by atoms with Crippen molar-refractivity contribution in [3.63, 3.8) is 0 Å². The van der Waals surface area contributed by atoms with Gasteiger partial charge in [-0.2, -0.15) is 0 Å². The monoisotopic (exact) mass is 325 g/mol. The van der Waals surface area contributed by atoms with Crippen LogP contribution in [0.15, 0.2) is 24.3 Å². The first kappa shape index (κ1) is 21.4. The molecule has 0 aromatic heterocycles. The molecule has 0 aromatic carbocycles. The first-order valence-corrected chi connectivity index (χ1v) is 8.15. The zero-order chi connectivity index (χ0) is 17.9. The van der Waals surface area contributed by atoms with E-state index in [9.17, 15) is 9.59 Å². The number of carboxylic acids is 1. The summed E-state index contributed by atoms with van der Waals surface area (Å²) >= 11 is 0. The first-order chi connectivity index (χ1) is 10.7. The number of aliphatic carboxylic acids is 1. The number of nitrogens with zero attached hydrogens (tertiary/aromatic N) is 1. The molecule has 0 heterocycles. The minimum Gasteiger partial charge on any atom is -0.480 e. The molecule has 0 saturated carbocycles. The van der Waals surface area contributed by atoms with E-state index < -0.39 is 17.5 Å². The molecule has 0 amide bonds. The van der Waals surface area contributed by atoms with Crippen molar-refractivity contribution in [2.75, 3.05) is 19.6 Å². The van der Waals surface area contributed by atoms with Crippen LogP contribution in [0.25, 0.3) is 0 Å². The molecule has 0 saturated heterocycles. The number of rotatable bonds is 12. The second-order valence-electron chi connectivity index (χ2n) is 6.27. The summed E-state index contributed by atoms with van der Waals surface area (Å²) in [7, 11) is 0. The number of unbranched alkanes of at least 4 members (excludes halogenated alkanes) is 1. The number of allylic oxidation sites excluding steroid dienone is 2. The molecule has 1 N–H and O–H groups in total. The predicted octanol–water partition coefficient (Wildman–Crippen LogP) is 3.41. The normalized spacial score (nSPS) is 13.3. The number of carbonyl (C=O) groups is 2. The van der Waals surface area contributed by atoms with E-state index in [-0.39, 0.29) is 13.1 Å². The van der Waals surface area contributed by atoms with Crippen LogP contribution in [0.3, 0.4) is 0 Å². The van der Waals surface area contributed by atoms with Gasteiger partial charge in [0, 0.05) is 0 Å². The van der Waals surface area contributed by atoms with Crippen LogP contribution in [0.2, 0.25) is 0 Å². The minimum absolute atomic E-state index is 0.0155. The Balaban J connectivity index is 4.61. The molecule has 0 radical (unpaired) electrons. The Bertz CT molecular complexity index is 427. The zero-order valence-corrected chi connectivity index (χ0v) is 14.9. The Labute approximate surface area is 140 Å². The number of esters is 1. The van der Waals surface area contributed by atoms with Gasteiger partial charge in [0.25, 0.3) is 0 Å². The number of hydrogen-bond acceptors (Lipinski definition) is 4. The lowest BCUT2D eigenvalue weighted by molar-refractivity contribution is -0.156. The maximum atomic E-state index is 12.1. The van der Waals surface area contributed by atoms with Crippen molar-refractivity contribution >= 4 is 11.9 Å². The molecule has 0 rings (SSSR count). The molecule has 0 spiro atoms. The lowest BCUT2D eigenvalue weighted by atomic mass is 9.99. The summed E-state index contributed by atoms with van der Waals surface area (Å²) in [5.41, 5.74) is 0.484. The molecule has 0 fully saturated rings. The van der Waals surface area contributed by atoms with E-state index in [1.807, 2.05) is 27.7 Å². The number of ether oxygens (including phenoxy) is 1. The number of carboxylic acid groups (broad SMARTS) is 1. The molecule has 5 nitrogen and oxygen atoms in total. The summed E-state index contributed by atoms with van der Waals surface area (Å²) in [5.74, 6) is -1.36. The largest absolute Gasteiger partial charge is 0.480 e. The third-order valence-corrected chi connectivity index (χ3v) is 3.51. The highest BCUT2D eigenvalue weighted by Crippen LogP contribution is 2.20. The van der Waals surface area contributed by atoms with Crippen molar-refractivity contribution in [3.8, 4) is 0 Å². The highest BCUT2D eigenvalue weighted by Gasteiger charge is 2.25. The fourth-order valence-corrected chi connectivity index (χ4v) is 2.10. The topological polar surface area (TPSA) is 66.8 Å². The van der Waals surface area contributed by atoms with Gasteiger partial charge in [-0.3, -0.25) is 14.5 Å². The van der Waals surface area contributed by atoms with Gasteiger partial charge < -0.3 is 9.84 Å². The Morgan fingerprint density at radius 2 is 1.96 bits per heavy atom. The van der Waals surface area contributed by atoms with Crippen LogP contribution in [0, 0.1) is 0 Å². The van der Waals surface area contributed by atoms with Gasteiger partial charge in [0.1, 0.15) is 5.60 Å². The van der Waals surface area contributed by atoms with Crippen LogP contribution in [-0.2, 0) is 14.3 Å². The highest BCUT2D eigenvalue weighted by atomic mass is 16.6. The maximum Gasteiger partial charge on any atom is 0.321 e. The second-order valence-corrected chi connectivity index (χ2v) is 6.27. The van der Waals surface area contributed by atoms with Crippen LogP contribution in [0.5, 0.6) is 0 Å². The Morgan fingerprint density at radius 1 is 1.30 bits per heavy atom. The van der Waals surface area contributed by atoms with Gasteiger partial charge in [-0.05, 0) is 52.7 Å². The Morgan fingerprint density at radius 3 is 2.43 bits per heavy atom. The average molecular weight is 325 g/mol. The summed E-state index contributed by atoms with van der Waals surface area (Å²) in [6, 6.07) is 0. The molecule has 0 aliphatic heterocycles. The van der Waals surface area contributed by atoms with Crippen LogP contribution < -0.4 is 0 Å². The van der Waals surface area contributed by atoms with Gasteiger partial charge in [0.2, 0.25) is 0 Å². The fourth-order valence-electron chi connectivity index (χ4n) is 2.10. The van der Waals surface area contributed by atoms with Gasteiger partial charge >= 0.3 is 11.9 Å². The quantitative estimate of drug-likeness (QED) is 0.440. The van der Waals surface area contributed by atoms with Crippen LogP contribution in [-0.4, -0.2) is 47.2 Å². The van der Waals surface area contributed by atoms with Gasteiger partial charge in [-0.15, -0.1) is 0 Å². The van der Waals surface area contributed by atoms with E-state index in [0.717, 1.165) is 19.3 Å². The average Bonchev–Trinajstić information content (AvgIpc) is 2.43. The summed E-state index contributed by atoms with van der Waals surface area (Å²) in [6.45, 7) is 12.0. The molecule has 23 heavy (non-hydrogen) atoms. The van der Waals surface area contributed by atoms with E-state index >= 15 is 0 Å². The molecule has 0 aliphatic rings. The number of carbonyl (C=O) groups excluding carboxylic acids is 1. The van der Waals surface area contributed by atoms with Gasteiger partial charge in [-0.25, -0.2) is 0 Å². The van der Waals surface area contributed by atoms with E-state index in [2.05, 4.69) is 12.7 Å². The van der Waals surface area contributed by atoms with Crippen molar-refractivity contribution in [1.29, 1.82) is 0 Å². The SMILES string of the molecule is C=CC(C)(CCC=C(C)C)OC(=O)CN(CCCC)CC(=O)O. The van der Waals surface area contributed by atoms with Crippen LogP contribution >= 0.6 is 0 Å². The highest BCUT2D eigenvalue weighted by molar-refractivity contribution is 5.74. The van der Waals surface area contributed by atoms with Crippen molar-refractivity contribution in [3.05, 3.63) is 24.3 Å². The molecular weight excluding hydrogens is 294 g/mol. The molecule has 1 atom stereocenters. The standard InChI is InChI=1S/C18H31NO4/c1-6-8-12-19(13-16(20)21)14-17(22)23-18(5,7-2)11-9-10-15(3)4/h7,10H,2,6,8-9,11-14H2,1,3-5H3,(H,20,21). The van der Waals surface area contributed by atoms with Gasteiger partial charge in [0.15, 0.2) is 0 Å². The van der Waals surface area contributed by atoms with Crippen molar-refractivity contribution in [1.82, 2.24) is 4.90 Å². The summed E-state index contributed by atoms with van der Waals surface area (Å²) in [6.07, 6.45) is 6.97. The van der Waals surface area contributed by atoms with Crippen molar-refractivity contribution in [2.24, 2.45) is 0 Å². The predicted molar refractivity (Wildman–Crippen MR) is 92.3 cm³/mol. The van der Waals surface area contributed by atoms with Gasteiger partial charge in [-0.1, -0.05) is 31.6 Å². The van der Waals surface area contributed by atoms with Crippen molar-refractivity contribution in [2.45, 2.75) is 59.0 Å². The fraction of sp³-hybridized carbons (Fsp3) is 0.667. The molecule has 132 valence electrons. The van der Waals surface area contributed by atoms with Crippen LogP contribution in [0.4, 0.5) is 0 Å². The Hall–Kier alpha value is -1.62. The number of hydrogen-bond donors (Lipinski definition) is 1. The molecule has 0 bridgehead atoms. The van der Waals surface area contributed by atoms with E-state index in [4.69, 9.17) is 9.84 Å². The zero-order valence-electron chi connectivity index (χ0n) is 14.9. The summed E-state index contributed by atoms with van der Waals surface area (Å²) < 4.78 is 5.54. The lowest BCUT2D eigenvalue weighted by Gasteiger charge is -2.27. The van der Waals surface area contributed by atoms with Gasteiger partial charge in [0.05, 0.1) is 13.1 Å². The molecular formula is C18H31NO4. The smallest absolute Gasteiger partial charge is 0.321 e. The van der Waals surface area contributed by atoms with Crippen molar-refractivity contribution < 1.29 is 19.4 Å². The maximum absolute atomic E-state index is 12.1. The molecule has 1 unspecified atom stereocenters. The lowest BCUT2D eigenvalue weighted by Crippen LogP contribution is -2.39. The van der Waals surface area contributed by atoms with E-state index in [0.29, 0.717) is 13.0 Å². The molecule has 5 heteroatoms. The minimum atomic E-state index is -0.941. The molecule has 0 aromatic rings. The third kappa shape index (κ3) is 10.7. The third-order valence-electron chi connectivity index (χ3n) is 3.51. The first-order valence-electron chi connectivity index (χ1n) is 8.15. The van der Waals surface area contributed by atoms with Crippen LogP contribution in [0.1, 0.15) is 53.4 Å². The van der Waals surface area contributed by atoms with E-state index in [1.165, 1.54) is 5.57 Å². The molecule has 0 aliphatic carbocycles. The summed E-state index contributed by atoms with van der Waals surface area (Å²) in [5, 5.41) is 8.93. The second kappa shape index (κ2) is 11.0. The van der Waals surface area contributed by atoms with E-state index in [1.54, 1.807) is 11.0 Å².